The fourth-order valence-electron chi connectivity index (χ4n) is 1.94. The van der Waals surface area contributed by atoms with Crippen LogP contribution in [0.4, 0.5) is 5.69 Å². The lowest BCUT2D eigenvalue weighted by molar-refractivity contribution is 0.587. The fourth-order valence-corrected chi connectivity index (χ4v) is 3.73. The Hall–Kier alpha value is -1.90. The summed E-state index contributed by atoms with van der Waals surface area (Å²) in [5.74, 6) is 0. The third-order valence-corrected chi connectivity index (χ3v) is 6.15. The predicted octanol–water partition coefficient (Wildman–Crippen LogP) is 1.96. The summed E-state index contributed by atoms with van der Waals surface area (Å²) in [4.78, 5) is -0.00151. The Morgan fingerprint density at radius 3 is 1.70 bits per heavy atom. The molecule has 0 atom stereocenters. The van der Waals surface area contributed by atoms with Crippen molar-refractivity contribution in [1.82, 2.24) is 4.72 Å². The Labute approximate surface area is 136 Å². The first-order chi connectivity index (χ1) is 10.8. The van der Waals surface area contributed by atoms with E-state index in [-0.39, 0.29) is 9.79 Å². The Kier molecular flexibility index (Phi) is 5.08. The minimum atomic E-state index is -3.77. The first-order valence-electron chi connectivity index (χ1n) is 6.94. The van der Waals surface area contributed by atoms with Crippen molar-refractivity contribution >= 4 is 25.7 Å². The molecule has 8 heteroatoms. The van der Waals surface area contributed by atoms with Gasteiger partial charge in [-0.2, -0.15) is 0 Å². The summed E-state index contributed by atoms with van der Waals surface area (Å²) in [5, 5.41) is 0. The number of hydrogen-bond donors (Lipinski definition) is 2. The smallest absolute Gasteiger partial charge is 0.261 e. The molecule has 2 aromatic rings. The van der Waals surface area contributed by atoms with Crippen LogP contribution in [0.1, 0.15) is 12.5 Å². The van der Waals surface area contributed by atoms with Gasteiger partial charge in [0.25, 0.3) is 10.0 Å². The van der Waals surface area contributed by atoms with Crippen LogP contribution in [0.2, 0.25) is 0 Å². The molecule has 0 aliphatic carbocycles. The minimum Gasteiger partial charge on any atom is -0.280 e. The van der Waals surface area contributed by atoms with Gasteiger partial charge in [0.1, 0.15) is 0 Å². The molecule has 2 aromatic carbocycles. The van der Waals surface area contributed by atoms with E-state index in [1.54, 1.807) is 12.1 Å². The Morgan fingerprint density at radius 1 is 0.783 bits per heavy atom. The van der Waals surface area contributed by atoms with E-state index in [1.807, 2.05) is 19.1 Å². The highest BCUT2D eigenvalue weighted by molar-refractivity contribution is 7.92. The Balaban J connectivity index is 2.25. The Bertz CT molecular complexity index is 872. The van der Waals surface area contributed by atoms with Crippen LogP contribution in [-0.4, -0.2) is 23.9 Å². The second kappa shape index (κ2) is 6.69. The van der Waals surface area contributed by atoms with Crippen LogP contribution in [0.15, 0.2) is 58.3 Å². The second-order valence-corrected chi connectivity index (χ2v) is 8.40. The zero-order valence-electron chi connectivity index (χ0n) is 12.8. The molecule has 0 radical (unpaired) electrons. The molecule has 0 saturated heterocycles. The van der Waals surface area contributed by atoms with Crippen molar-refractivity contribution in [3.63, 3.8) is 0 Å². The largest absolute Gasteiger partial charge is 0.280 e. The highest BCUT2D eigenvalue weighted by Crippen LogP contribution is 2.18. The molecule has 124 valence electrons. The molecule has 0 heterocycles. The number of rotatable bonds is 6. The van der Waals surface area contributed by atoms with Gasteiger partial charge in [-0.05, 0) is 55.4 Å². The first kappa shape index (κ1) is 17.5. The van der Waals surface area contributed by atoms with Gasteiger partial charge in [-0.25, -0.2) is 21.6 Å². The fraction of sp³-hybridized carbons (Fsp3) is 0.200. The maximum atomic E-state index is 12.3. The van der Waals surface area contributed by atoms with E-state index in [2.05, 4.69) is 9.44 Å². The average molecular weight is 354 g/mol. The highest BCUT2D eigenvalue weighted by Gasteiger charge is 2.17. The van der Waals surface area contributed by atoms with Crippen molar-refractivity contribution in [1.29, 1.82) is 0 Å². The van der Waals surface area contributed by atoms with Crippen molar-refractivity contribution in [3.8, 4) is 0 Å². The van der Waals surface area contributed by atoms with Crippen molar-refractivity contribution in [2.45, 2.75) is 23.1 Å². The molecule has 0 unspecified atom stereocenters. The van der Waals surface area contributed by atoms with Gasteiger partial charge in [-0.1, -0.05) is 19.1 Å². The lowest BCUT2D eigenvalue weighted by Crippen LogP contribution is -2.19. The number of hydrogen-bond acceptors (Lipinski definition) is 4. The molecule has 0 fully saturated rings. The highest BCUT2D eigenvalue weighted by atomic mass is 32.2. The maximum Gasteiger partial charge on any atom is 0.261 e. The molecule has 0 amide bonds. The normalized spacial score (nSPS) is 12.1. The molecule has 6 nitrogen and oxygen atoms in total. The lowest BCUT2D eigenvalue weighted by atomic mass is 10.2. The van der Waals surface area contributed by atoms with E-state index in [0.717, 1.165) is 12.0 Å². The second-order valence-electron chi connectivity index (χ2n) is 4.83. The van der Waals surface area contributed by atoms with Gasteiger partial charge in [-0.3, -0.25) is 4.72 Å². The molecule has 0 aliphatic rings. The minimum absolute atomic E-state index is 0.00579. The topological polar surface area (TPSA) is 92.3 Å². The number of aryl methyl sites for hydroxylation is 1. The van der Waals surface area contributed by atoms with E-state index in [1.165, 1.54) is 31.3 Å². The van der Waals surface area contributed by atoms with Gasteiger partial charge in [0, 0.05) is 5.69 Å². The van der Waals surface area contributed by atoms with Gasteiger partial charge in [0.05, 0.1) is 9.79 Å². The van der Waals surface area contributed by atoms with Crippen molar-refractivity contribution in [2.24, 2.45) is 0 Å². The van der Waals surface area contributed by atoms with Gasteiger partial charge in [0.2, 0.25) is 10.0 Å². The summed E-state index contributed by atoms with van der Waals surface area (Å²) in [6.45, 7) is 2.01. The zero-order valence-corrected chi connectivity index (χ0v) is 14.4. The monoisotopic (exact) mass is 354 g/mol. The number of sulfonamides is 2. The molecule has 2 rings (SSSR count). The third kappa shape index (κ3) is 4.10. The van der Waals surface area contributed by atoms with Crippen LogP contribution < -0.4 is 9.44 Å². The van der Waals surface area contributed by atoms with E-state index in [0.29, 0.717) is 5.69 Å². The average Bonchev–Trinajstić information content (AvgIpc) is 2.55. The summed E-state index contributed by atoms with van der Waals surface area (Å²) >= 11 is 0. The lowest BCUT2D eigenvalue weighted by Gasteiger charge is -2.09. The molecule has 23 heavy (non-hydrogen) atoms. The van der Waals surface area contributed by atoms with E-state index >= 15 is 0 Å². The summed E-state index contributed by atoms with van der Waals surface area (Å²) in [6, 6.07) is 12.1. The Morgan fingerprint density at radius 2 is 1.26 bits per heavy atom. The molecule has 0 saturated carbocycles. The van der Waals surface area contributed by atoms with E-state index < -0.39 is 20.0 Å². The van der Waals surface area contributed by atoms with Crippen LogP contribution in [0.25, 0.3) is 0 Å². The molecule has 2 N–H and O–H groups in total. The third-order valence-electron chi connectivity index (χ3n) is 3.33. The van der Waals surface area contributed by atoms with Crippen LogP contribution >= 0.6 is 0 Å². The summed E-state index contributed by atoms with van der Waals surface area (Å²) in [6.07, 6.45) is 0.869. The quantitative estimate of drug-likeness (QED) is 0.829. The van der Waals surface area contributed by atoms with E-state index in [9.17, 15) is 16.8 Å². The predicted molar refractivity (Wildman–Crippen MR) is 89.3 cm³/mol. The van der Waals surface area contributed by atoms with Gasteiger partial charge in [0.15, 0.2) is 0 Å². The zero-order chi connectivity index (χ0) is 17.1. The van der Waals surface area contributed by atoms with Gasteiger partial charge < -0.3 is 0 Å². The molecular weight excluding hydrogens is 336 g/mol. The SMILES string of the molecule is CCc1ccc(NS(=O)(=O)c2ccc(S(=O)(=O)NC)cc2)cc1. The number of nitrogens with one attached hydrogen (secondary N) is 2. The van der Waals surface area contributed by atoms with Crippen LogP contribution in [0.5, 0.6) is 0 Å². The van der Waals surface area contributed by atoms with E-state index in [4.69, 9.17) is 0 Å². The van der Waals surface area contributed by atoms with Crippen LogP contribution in [0, 0.1) is 0 Å². The van der Waals surface area contributed by atoms with Crippen LogP contribution in [0.3, 0.4) is 0 Å². The number of benzene rings is 2. The summed E-state index contributed by atoms with van der Waals surface area (Å²) in [7, 11) is -6.07. The standard InChI is InChI=1S/C15H18N2O4S2/c1-3-12-4-6-13(7-5-12)17-23(20,21)15-10-8-14(9-11-15)22(18,19)16-2/h4-11,16-17H,3H2,1-2H3. The first-order valence-corrected chi connectivity index (χ1v) is 9.90. The molecule has 0 aromatic heterocycles. The number of anilines is 1. The van der Waals surface area contributed by atoms with Crippen molar-refractivity contribution < 1.29 is 16.8 Å². The molecule has 0 spiro atoms. The van der Waals surface area contributed by atoms with Gasteiger partial charge >= 0.3 is 0 Å². The van der Waals surface area contributed by atoms with Crippen LogP contribution in [-0.2, 0) is 26.5 Å². The molecule has 0 aliphatic heterocycles. The molecular formula is C15H18N2O4S2. The van der Waals surface area contributed by atoms with Crippen molar-refractivity contribution in [2.75, 3.05) is 11.8 Å². The van der Waals surface area contributed by atoms with Gasteiger partial charge in [-0.15, -0.1) is 0 Å². The summed E-state index contributed by atoms with van der Waals surface area (Å²) < 4.78 is 52.5. The molecule has 0 bridgehead atoms. The summed E-state index contributed by atoms with van der Waals surface area (Å²) in [5.41, 5.74) is 1.56. The van der Waals surface area contributed by atoms with Crippen molar-refractivity contribution in [3.05, 3.63) is 54.1 Å². The maximum absolute atomic E-state index is 12.3.